The van der Waals surface area contributed by atoms with Gasteiger partial charge in [0.2, 0.25) is 5.91 Å². The SMILES string of the molecule is COc1ccc(CN(Cc2cccc3ccccc23)C(=O)C23CC4CC(CC(C4)C2)C3)cc1. The number of ether oxygens (including phenoxy) is 1. The van der Waals surface area contributed by atoms with Gasteiger partial charge < -0.3 is 9.64 Å². The Morgan fingerprint density at radius 2 is 1.48 bits per heavy atom. The van der Waals surface area contributed by atoms with E-state index in [1.54, 1.807) is 7.11 Å². The topological polar surface area (TPSA) is 29.5 Å². The van der Waals surface area contributed by atoms with Crippen molar-refractivity contribution in [1.82, 2.24) is 4.90 Å². The van der Waals surface area contributed by atoms with Gasteiger partial charge in [-0.15, -0.1) is 0 Å². The van der Waals surface area contributed by atoms with Crippen LogP contribution in [0.2, 0.25) is 0 Å². The lowest BCUT2D eigenvalue weighted by molar-refractivity contribution is -0.159. The molecule has 33 heavy (non-hydrogen) atoms. The zero-order valence-electron chi connectivity index (χ0n) is 19.5. The summed E-state index contributed by atoms with van der Waals surface area (Å²) >= 11 is 0. The van der Waals surface area contributed by atoms with Gasteiger partial charge in [0.15, 0.2) is 0 Å². The van der Waals surface area contributed by atoms with Crippen LogP contribution in [0.3, 0.4) is 0 Å². The van der Waals surface area contributed by atoms with Crippen LogP contribution in [0, 0.1) is 23.2 Å². The molecule has 1 amide bonds. The van der Waals surface area contributed by atoms with Crippen LogP contribution in [-0.2, 0) is 17.9 Å². The number of fused-ring (bicyclic) bond motifs is 1. The van der Waals surface area contributed by atoms with Gasteiger partial charge in [-0.25, -0.2) is 0 Å². The summed E-state index contributed by atoms with van der Waals surface area (Å²) in [5.74, 6) is 3.54. The summed E-state index contributed by atoms with van der Waals surface area (Å²) < 4.78 is 5.35. The first-order valence-electron chi connectivity index (χ1n) is 12.5. The molecule has 7 rings (SSSR count). The number of amides is 1. The molecule has 3 nitrogen and oxygen atoms in total. The molecule has 0 aliphatic heterocycles. The van der Waals surface area contributed by atoms with Gasteiger partial charge in [0.25, 0.3) is 0 Å². The summed E-state index contributed by atoms with van der Waals surface area (Å²) in [6.45, 7) is 1.31. The number of hydrogen-bond acceptors (Lipinski definition) is 2. The number of nitrogens with zero attached hydrogens (tertiary/aromatic N) is 1. The van der Waals surface area contributed by atoms with Crippen LogP contribution in [0.15, 0.2) is 66.7 Å². The van der Waals surface area contributed by atoms with E-state index in [0.717, 1.165) is 48.3 Å². The molecule has 0 saturated heterocycles. The molecule has 0 heterocycles. The minimum absolute atomic E-state index is 0.133. The van der Waals surface area contributed by atoms with E-state index in [4.69, 9.17) is 4.74 Å². The van der Waals surface area contributed by atoms with Gasteiger partial charge in [0.05, 0.1) is 12.5 Å². The average molecular weight is 440 g/mol. The fourth-order valence-electron chi connectivity index (χ4n) is 7.49. The Balaban J connectivity index is 1.35. The van der Waals surface area contributed by atoms with E-state index >= 15 is 0 Å². The molecule has 0 aromatic heterocycles. The summed E-state index contributed by atoms with van der Waals surface area (Å²) in [6.07, 6.45) is 7.38. The number of hydrogen-bond donors (Lipinski definition) is 0. The number of methoxy groups -OCH3 is 1. The summed E-state index contributed by atoms with van der Waals surface area (Å²) in [7, 11) is 1.69. The molecule has 3 aromatic carbocycles. The normalized spacial score (nSPS) is 27.6. The lowest BCUT2D eigenvalue weighted by Crippen LogP contribution is -2.54. The highest BCUT2D eigenvalue weighted by Gasteiger charge is 2.55. The van der Waals surface area contributed by atoms with E-state index in [-0.39, 0.29) is 5.41 Å². The van der Waals surface area contributed by atoms with E-state index in [2.05, 4.69) is 59.5 Å². The van der Waals surface area contributed by atoms with Crippen molar-refractivity contribution in [2.24, 2.45) is 23.2 Å². The molecule has 0 radical (unpaired) electrons. The fourth-order valence-corrected chi connectivity index (χ4v) is 7.49. The van der Waals surface area contributed by atoms with Crippen molar-refractivity contribution in [2.45, 2.75) is 51.6 Å². The fraction of sp³-hybridized carbons (Fsp3) is 0.433. The Morgan fingerprint density at radius 3 is 2.15 bits per heavy atom. The van der Waals surface area contributed by atoms with E-state index in [0.29, 0.717) is 19.0 Å². The van der Waals surface area contributed by atoms with E-state index in [1.807, 2.05) is 12.1 Å². The summed E-state index contributed by atoms with van der Waals surface area (Å²) in [6, 6.07) is 23.2. The molecule has 4 aliphatic carbocycles. The predicted molar refractivity (Wildman–Crippen MR) is 132 cm³/mol. The molecule has 0 spiro atoms. The molecule has 3 heteroatoms. The monoisotopic (exact) mass is 439 g/mol. The van der Waals surface area contributed by atoms with Crippen molar-refractivity contribution in [3.05, 3.63) is 77.9 Å². The largest absolute Gasteiger partial charge is 0.497 e. The number of carbonyl (C=O) groups excluding carboxylic acids is 1. The van der Waals surface area contributed by atoms with Gasteiger partial charge in [0.1, 0.15) is 5.75 Å². The van der Waals surface area contributed by atoms with Crippen LogP contribution in [0.5, 0.6) is 5.75 Å². The second-order valence-corrected chi connectivity index (χ2v) is 10.8. The van der Waals surface area contributed by atoms with Crippen LogP contribution >= 0.6 is 0 Å². The van der Waals surface area contributed by atoms with Crippen molar-refractivity contribution >= 4 is 16.7 Å². The van der Waals surface area contributed by atoms with Crippen LogP contribution < -0.4 is 4.74 Å². The van der Waals surface area contributed by atoms with Gasteiger partial charge in [-0.3, -0.25) is 4.79 Å². The van der Waals surface area contributed by atoms with Crippen molar-refractivity contribution < 1.29 is 9.53 Å². The number of rotatable bonds is 6. The third kappa shape index (κ3) is 3.82. The second-order valence-electron chi connectivity index (χ2n) is 10.8. The maximum absolute atomic E-state index is 14.4. The Kier molecular flexibility index (Phi) is 5.16. The minimum Gasteiger partial charge on any atom is -0.497 e. The summed E-state index contributed by atoms with van der Waals surface area (Å²) in [5.41, 5.74) is 2.26. The summed E-state index contributed by atoms with van der Waals surface area (Å²) in [4.78, 5) is 16.5. The molecule has 0 N–H and O–H groups in total. The molecule has 4 bridgehead atoms. The van der Waals surface area contributed by atoms with Crippen LogP contribution in [-0.4, -0.2) is 17.9 Å². The lowest BCUT2D eigenvalue weighted by atomic mass is 9.49. The van der Waals surface area contributed by atoms with Gasteiger partial charge in [0, 0.05) is 13.1 Å². The van der Waals surface area contributed by atoms with Gasteiger partial charge in [-0.1, -0.05) is 54.6 Å². The molecular weight excluding hydrogens is 406 g/mol. The smallest absolute Gasteiger partial charge is 0.229 e. The highest BCUT2D eigenvalue weighted by atomic mass is 16.5. The minimum atomic E-state index is -0.133. The van der Waals surface area contributed by atoms with E-state index in [1.165, 1.54) is 35.6 Å². The number of benzene rings is 3. The molecular formula is C30H33NO2. The Hall–Kier alpha value is -2.81. The quantitative estimate of drug-likeness (QED) is 0.433. The van der Waals surface area contributed by atoms with E-state index < -0.39 is 0 Å². The maximum Gasteiger partial charge on any atom is 0.229 e. The molecule has 4 saturated carbocycles. The summed E-state index contributed by atoms with van der Waals surface area (Å²) in [5, 5.41) is 2.49. The van der Waals surface area contributed by atoms with Gasteiger partial charge in [-0.2, -0.15) is 0 Å². The van der Waals surface area contributed by atoms with Crippen LogP contribution in [0.4, 0.5) is 0 Å². The Bertz CT molecular complexity index is 1120. The first kappa shape index (κ1) is 20.8. The highest BCUT2D eigenvalue weighted by Crippen LogP contribution is 2.60. The van der Waals surface area contributed by atoms with Gasteiger partial charge in [-0.05, 0) is 90.3 Å². The first-order chi connectivity index (χ1) is 16.1. The van der Waals surface area contributed by atoms with Crippen molar-refractivity contribution in [1.29, 1.82) is 0 Å². The molecule has 0 unspecified atom stereocenters. The Labute approximate surface area is 196 Å². The maximum atomic E-state index is 14.4. The average Bonchev–Trinajstić information content (AvgIpc) is 2.83. The first-order valence-corrected chi connectivity index (χ1v) is 12.5. The van der Waals surface area contributed by atoms with Crippen LogP contribution in [0.1, 0.15) is 49.7 Å². The Morgan fingerprint density at radius 1 is 0.848 bits per heavy atom. The molecule has 170 valence electrons. The second kappa shape index (κ2) is 8.20. The molecule has 3 aromatic rings. The third-order valence-corrected chi connectivity index (χ3v) is 8.55. The standard InChI is InChI=1S/C30H33NO2/c1-33-27-11-9-21(10-12-27)19-31(20-26-7-4-6-25-5-2-3-8-28(25)26)29(32)30-16-22-13-23(17-30)15-24(14-22)18-30/h2-12,22-24H,13-20H2,1H3. The third-order valence-electron chi connectivity index (χ3n) is 8.55. The van der Waals surface area contributed by atoms with Crippen molar-refractivity contribution in [3.8, 4) is 5.75 Å². The highest BCUT2D eigenvalue weighted by molar-refractivity contribution is 5.87. The molecule has 4 fully saturated rings. The zero-order valence-corrected chi connectivity index (χ0v) is 19.5. The predicted octanol–water partition coefficient (Wildman–Crippen LogP) is 6.59. The molecule has 0 atom stereocenters. The zero-order chi connectivity index (χ0) is 22.4. The number of carbonyl (C=O) groups is 1. The van der Waals surface area contributed by atoms with Crippen molar-refractivity contribution in [2.75, 3.05) is 7.11 Å². The lowest BCUT2D eigenvalue weighted by Gasteiger charge is -2.56. The van der Waals surface area contributed by atoms with Gasteiger partial charge >= 0.3 is 0 Å². The van der Waals surface area contributed by atoms with Crippen LogP contribution in [0.25, 0.3) is 10.8 Å². The van der Waals surface area contributed by atoms with Crippen molar-refractivity contribution in [3.63, 3.8) is 0 Å². The molecule has 4 aliphatic rings. The van der Waals surface area contributed by atoms with E-state index in [9.17, 15) is 4.79 Å².